The third-order valence-corrected chi connectivity index (χ3v) is 8.44. The Morgan fingerprint density at radius 2 is 1.90 bits per heavy atom. The number of aryl methyl sites for hydroxylation is 1. The van der Waals surface area contributed by atoms with Gasteiger partial charge < -0.3 is 20.1 Å². The Labute approximate surface area is 259 Å². The topological polar surface area (TPSA) is 90.3 Å². The SMILES string of the molecule is CCCSc1nc2n(n1)C(c1ccc(OCc3ccc(Cl)cc3Cl)c(OC)c1)C(C(=O)Nc1ccccc1C)=C(C)N2. The molecular formula is C31H31Cl2N5O3S. The predicted octanol–water partition coefficient (Wildman–Crippen LogP) is 7.91. The van der Waals surface area contributed by atoms with Gasteiger partial charge in [-0.1, -0.05) is 72.2 Å². The summed E-state index contributed by atoms with van der Waals surface area (Å²) in [4.78, 5) is 18.6. The second kappa shape index (κ2) is 13.1. The predicted molar refractivity (Wildman–Crippen MR) is 169 cm³/mol. The van der Waals surface area contributed by atoms with Crippen LogP contribution in [0.5, 0.6) is 11.5 Å². The molecule has 0 radical (unpaired) electrons. The number of methoxy groups -OCH3 is 1. The van der Waals surface area contributed by atoms with Crippen molar-refractivity contribution in [3.63, 3.8) is 0 Å². The number of ether oxygens (including phenoxy) is 2. The lowest BCUT2D eigenvalue weighted by Gasteiger charge is -2.29. The van der Waals surface area contributed by atoms with Gasteiger partial charge in [-0.2, -0.15) is 4.98 Å². The number of aromatic nitrogens is 3. The minimum absolute atomic E-state index is 0.230. The van der Waals surface area contributed by atoms with Crippen LogP contribution in [0.25, 0.3) is 0 Å². The summed E-state index contributed by atoms with van der Waals surface area (Å²) >= 11 is 14.0. The van der Waals surface area contributed by atoms with Crippen LogP contribution in [0.4, 0.5) is 11.6 Å². The van der Waals surface area contributed by atoms with Gasteiger partial charge in [0.05, 0.1) is 12.7 Å². The van der Waals surface area contributed by atoms with Crippen LogP contribution in [0.3, 0.4) is 0 Å². The summed E-state index contributed by atoms with van der Waals surface area (Å²) in [6, 6.07) is 18.0. The maximum Gasteiger partial charge on any atom is 0.255 e. The lowest BCUT2D eigenvalue weighted by Crippen LogP contribution is -2.31. The number of allylic oxidation sites excluding steroid dienone is 1. The van der Waals surface area contributed by atoms with Gasteiger partial charge in [0.1, 0.15) is 12.6 Å². The Morgan fingerprint density at radius 1 is 1.10 bits per heavy atom. The summed E-state index contributed by atoms with van der Waals surface area (Å²) in [5, 5.41) is 12.9. The molecule has 3 aromatic carbocycles. The number of hydrogen-bond acceptors (Lipinski definition) is 7. The fourth-order valence-electron chi connectivity index (χ4n) is 4.66. The number of thioether (sulfide) groups is 1. The van der Waals surface area contributed by atoms with Crippen LogP contribution in [0, 0.1) is 6.92 Å². The summed E-state index contributed by atoms with van der Waals surface area (Å²) < 4.78 is 13.6. The van der Waals surface area contributed by atoms with Gasteiger partial charge in [-0.15, -0.1) is 5.10 Å². The number of halogens is 2. The van der Waals surface area contributed by atoms with Crippen molar-refractivity contribution in [2.24, 2.45) is 0 Å². The molecular weight excluding hydrogens is 593 g/mol. The van der Waals surface area contributed by atoms with Crippen molar-refractivity contribution in [2.45, 2.75) is 45.0 Å². The molecule has 0 fully saturated rings. The molecule has 1 aromatic heterocycles. The highest BCUT2D eigenvalue weighted by Gasteiger charge is 2.35. The van der Waals surface area contributed by atoms with Crippen LogP contribution in [-0.2, 0) is 11.4 Å². The summed E-state index contributed by atoms with van der Waals surface area (Å²) in [6.07, 6.45) is 0.993. The maximum atomic E-state index is 13.9. The monoisotopic (exact) mass is 623 g/mol. The van der Waals surface area contributed by atoms with E-state index in [1.807, 2.05) is 62.4 Å². The van der Waals surface area contributed by atoms with Gasteiger partial charge in [-0.25, -0.2) is 4.68 Å². The Hall–Kier alpha value is -3.66. The molecule has 5 rings (SSSR count). The van der Waals surface area contributed by atoms with Gasteiger partial charge in [-0.05, 0) is 61.7 Å². The van der Waals surface area contributed by atoms with E-state index in [2.05, 4.69) is 17.6 Å². The number of hydrogen-bond donors (Lipinski definition) is 2. The van der Waals surface area contributed by atoms with Crippen LogP contribution < -0.4 is 20.1 Å². The van der Waals surface area contributed by atoms with E-state index in [0.717, 1.165) is 34.6 Å². The van der Waals surface area contributed by atoms with Gasteiger partial charge in [-0.3, -0.25) is 4.79 Å². The van der Waals surface area contributed by atoms with Crippen molar-refractivity contribution in [3.05, 3.63) is 98.7 Å². The quantitative estimate of drug-likeness (QED) is 0.173. The molecule has 0 saturated heterocycles. The summed E-state index contributed by atoms with van der Waals surface area (Å²) in [5.74, 6) is 2.26. The second-order valence-electron chi connectivity index (χ2n) is 9.78. The van der Waals surface area contributed by atoms with Crippen molar-refractivity contribution < 1.29 is 14.3 Å². The lowest BCUT2D eigenvalue weighted by atomic mass is 9.94. The van der Waals surface area contributed by atoms with Gasteiger partial charge in [0.15, 0.2) is 11.5 Å². The molecule has 1 aliphatic rings. The van der Waals surface area contributed by atoms with Gasteiger partial charge in [0.25, 0.3) is 5.91 Å². The van der Waals surface area contributed by atoms with Crippen molar-refractivity contribution in [1.82, 2.24) is 14.8 Å². The third-order valence-electron chi connectivity index (χ3n) is 6.81. The number of benzene rings is 3. The highest BCUT2D eigenvalue weighted by molar-refractivity contribution is 7.99. The van der Waals surface area contributed by atoms with E-state index in [-0.39, 0.29) is 12.5 Å². The van der Waals surface area contributed by atoms with Crippen molar-refractivity contribution in [1.29, 1.82) is 0 Å². The molecule has 42 heavy (non-hydrogen) atoms. The summed E-state index contributed by atoms with van der Waals surface area (Å²) in [6.45, 7) is 6.18. The molecule has 1 unspecified atom stereocenters. The number of nitrogens with one attached hydrogen (secondary N) is 2. The van der Waals surface area contributed by atoms with Gasteiger partial charge in [0, 0.05) is 32.7 Å². The van der Waals surface area contributed by atoms with Gasteiger partial charge >= 0.3 is 0 Å². The summed E-state index contributed by atoms with van der Waals surface area (Å²) in [7, 11) is 1.58. The molecule has 8 nitrogen and oxygen atoms in total. The number of carbonyl (C=O) groups excluding carboxylic acids is 1. The molecule has 4 aromatic rings. The average molecular weight is 625 g/mol. The standard InChI is InChI=1S/C31H31Cl2N5O3S/c1-5-14-42-31-36-30-34-19(3)27(29(39)35-24-9-7-6-8-18(24)2)28(38(30)37-31)20-11-13-25(26(15-20)40-4)41-17-21-10-12-22(32)16-23(21)33/h6-13,15-16,28H,5,14,17H2,1-4H3,(H,35,39)(H,34,36,37). The second-order valence-corrected chi connectivity index (χ2v) is 11.7. The number of rotatable bonds is 10. The Morgan fingerprint density at radius 3 is 2.64 bits per heavy atom. The maximum absolute atomic E-state index is 13.9. The number of nitrogens with zero attached hydrogens (tertiary/aromatic N) is 3. The summed E-state index contributed by atoms with van der Waals surface area (Å²) in [5.41, 5.74) is 4.50. The van der Waals surface area contributed by atoms with E-state index in [1.54, 1.807) is 35.7 Å². The van der Waals surface area contributed by atoms with Crippen molar-refractivity contribution in [2.75, 3.05) is 23.5 Å². The fraction of sp³-hybridized carbons (Fsp3) is 0.258. The molecule has 11 heteroatoms. The molecule has 1 amide bonds. The largest absolute Gasteiger partial charge is 0.493 e. The molecule has 2 N–H and O–H groups in total. The zero-order chi connectivity index (χ0) is 29.8. The number of amides is 1. The van der Waals surface area contributed by atoms with Crippen LogP contribution >= 0.6 is 35.0 Å². The van der Waals surface area contributed by atoms with Crippen LogP contribution in [-0.4, -0.2) is 33.5 Å². The van der Waals surface area contributed by atoms with Crippen LogP contribution in [0.2, 0.25) is 10.0 Å². The Kier molecular flexibility index (Phi) is 9.30. The first kappa shape index (κ1) is 29.8. The molecule has 0 aliphatic carbocycles. The highest BCUT2D eigenvalue weighted by Crippen LogP contribution is 2.40. The minimum Gasteiger partial charge on any atom is -0.493 e. The highest BCUT2D eigenvalue weighted by atomic mass is 35.5. The van der Waals surface area contributed by atoms with Crippen molar-refractivity contribution in [3.8, 4) is 11.5 Å². The van der Waals surface area contributed by atoms with Crippen molar-refractivity contribution >= 4 is 52.5 Å². The molecule has 1 aliphatic heterocycles. The van der Waals surface area contributed by atoms with E-state index >= 15 is 0 Å². The average Bonchev–Trinajstić information content (AvgIpc) is 3.38. The number of para-hydroxylation sites is 1. The third kappa shape index (κ3) is 6.38. The first-order chi connectivity index (χ1) is 20.3. The normalized spacial score (nSPS) is 14.3. The molecule has 218 valence electrons. The van der Waals surface area contributed by atoms with E-state index < -0.39 is 6.04 Å². The first-order valence-electron chi connectivity index (χ1n) is 13.5. The smallest absolute Gasteiger partial charge is 0.255 e. The number of carbonyl (C=O) groups is 1. The van der Waals surface area contributed by atoms with Crippen LogP contribution in [0.15, 0.2) is 77.1 Å². The number of anilines is 2. The van der Waals surface area contributed by atoms with E-state index in [9.17, 15) is 4.79 Å². The molecule has 1 atom stereocenters. The van der Waals surface area contributed by atoms with Gasteiger partial charge in [0.2, 0.25) is 11.1 Å². The number of fused-ring (bicyclic) bond motifs is 1. The molecule has 2 heterocycles. The Bertz CT molecular complexity index is 1660. The zero-order valence-corrected chi connectivity index (χ0v) is 26.0. The molecule has 0 saturated carbocycles. The van der Waals surface area contributed by atoms with Crippen LogP contribution in [0.1, 0.15) is 43.0 Å². The lowest BCUT2D eigenvalue weighted by molar-refractivity contribution is -0.113. The Balaban J connectivity index is 1.51. The molecule has 0 spiro atoms. The van der Waals surface area contributed by atoms with E-state index in [1.165, 1.54) is 0 Å². The van der Waals surface area contributed by atoms with E-state index in [0.29, 0.717) is 43.9 Å². The zero-order valence-electron chi connectivity index (χ0n) is 23.7. The van der Waals surface area contributed by atoms with E-state index in [4.69, 9.17) is 42.8 Å². The minimum atomic E-state index is -0.567. The first-order valence-corrected chi connectivity index (χ1v) is 15.2. The molecule has 0 bridgehead atoms. The fourth-order valence-corrected chi connectivity index (χ4v) is 5.81.